The zero-order chi connectivity index (χ0) is 17.6. The summed E-state index contributed by atoms with van der Waals surface area (Å²) in [6.45, 7) is 2.44. The van der Waals surface area contributed by atoms with Gasteiger partial charge in [-0.2, -0.15) is 0 Å². The van der Waals surface area contributed by atoms with Gasteiger partial charge in [-0.15, -0.1) is 0 Å². The smallest absolute Gasteiger partial charge is 0.270 e. The maximum Gasteiger partial charge on any atom is 0.270 e. The molecule has 0 saturated carbocycles. The van der Waals surface area contributed by atoms with Gasteiger partial charge in [0.05, 0.1) is 5.69 Å². The fourth-order valence-electron chi connectivity index (χ4n) is 2.33. The molecule has 3 aromatic rings. The van der Waals surface area contributed by atoms with Gasteiger partial charge >= 0.3 is 0 Å². The summed E-state index contributed by atoms with van der Waals surface area (Å²) in [6.07, 6.45) is 1.52. The summed E-state index contributed by atoms with van der Waals surface area (Å²) in [5.41, 5.74) is 3.40. The second-order valence-electron chi connectivity index (χ2n) is 5.70. The first-order valence-corrected chi connectivity index (χ1v) is 7.93. The van der Waals surface area contributed by atoms with Crippen LogP contribution in [-0.4, -0.2) is 10.9 Å². The first-order valence-electron chi connectivity index (χ1n) is 7.93. The Morgan fingerprint density at radius 3 is 2.60 bits per heavy atom. The molecule has 1 aromatic heterocycles. The second kappa shape index (κ2) is 7.57. The van der Waals surface area contributed by atoms with E-state index < -0.39 is 0 Å². The number of anilines is 2. The lowest BCUT2D eigenvalue weighted by atomic mass is 10.1. The van der Waals surface area contributed by atoms with Crippen LogP contribution in [0.4, 0.5) is 15.8 Å². The molecule has 0 radical (unpaired) electrons. The van der Waals surface area contributed by atoms with Crippen LogP contribution in [0.3, 0.4) is 0 Å². The van der Waals surface area contributed by atoms with Gasteiger partial charge in [-0.25, -0.2) is 4.39 Å². The van der Waals surface area contributed by atoms with Crippen molar-refractivity contribution in [3.63, 3.8) is 0 Å². The number of carbonyl (C=O) groups is 1. The summed E-state index contributed by atoms with van der Waals surface area (Å²) in [7, 11) is 0. The van der Waals surface area contributed by atoms with E-state index in [9.17, 15) is 9.18 Å². The summed E-state index contributed by atoms with van der Waals surface area (Å²) in [4.78, 5) is 16.4. The Balaban J connectivity index is 1.67. The maximum atomic E-state index is 13.7. The minimum atomic E-state index is -0.357. The molecule has 2 N–H and O–H groups in total. The number of nitrogens with one attached hydrogen (secondary N) is 2. The molecule has 2 aromatic carbocycles. The molecular weight excluding hydrogens is 317 g/mol. The lowest BCUT2D eigenvalue weighted by Crippen LogP contribution is -2.23. The van der Waals surface area contributed by atoms with Gasteiger partial charge in [0.15, 0.2) is 0 Å². The molecule has 0 unspecified atom stereocenters. The number of benzene rings is 2. The molecule has 126 valence electrons. The quantitative estimate of drug-likeness (QED) is 0.735. The Kier molecular flexibility index (Phi) is 5.04. The number of hydrogen-bond donors (Lipinski definition) is 2. The molecule has 1 heterocycles. The highest BCUT2D eigenvalue weighted by atomic mass is 19.1. The summed E-state index contributed by atoms with van der Waals surface area (Å²) in [6, 6.07) is 17.6. The second-order valence-corrected chi connectivity index (χ2v) is 5.70. The molecule has 1 amide bonds. The molecule has 0 atom stereocenters. The molecule has 0 aliphatic rings. The van der Waals surface area contributed by atoms with Crippen molar-refractivity contribution in [2.75, 3.05) is 5.32 Å². The average Bonchev–Trinajstić information content (AvgIpc) is 2.63. The lowest BCUT2D eigenvalue weighted by molar-refractivity contribution is 0.0946. The number of hydrogen-bond acceptors (Lipinski definition) is 3. The van der Waals surface area contributed by atoms with Gasteiger partial charge in [0.25, 0.3) is 5.91 Å². The van der Waals surface area contributed by atoms with E-state index >= 15 is 0 Å². The van der Waals surface area contributed by atoms with E-state index in [1.165, 1.54) is 17.8 Å². The number of aromatic nitrogens is 1. The third-order valence-electron chi connectivity index (χ3n) is 3.72. The van der Waals surface area contributed by atoms with E-state index in [0.29, 0.717) is 17.9 Å². The Morgan fingerprint density at radius 2 is 1.84 bits per heavy atom. The van der Waals surface area contributed by atoms with Crippen molar-refractivity contribution in [1.29, 1.82) is 0 Å². The van der Waals surface area contributed by atoms with E-state index in [0.717, 1.165) is 5.56 Å². The highest BCUT2D eigenvalue weighted by Gasteiger charge is 2.09. The molecule has 0 aliphatic heterocycles. The van der Waals surface area contributed by atoms with E-state index in [4.69, 9.17) is 0 Å². The zero-order valence-corrected chi connectivity index (χ0v) is 13.8. The maximum absolute atomic E-state index is 13.7. The summed E-state index contributed by atoms with van der Waals surface area (Å²) in [5.74, 6) is -0.637. The van der Waals surface area contributed by atoms with Gasteiger partial charge in [-0.05, 0) is 36.8 Å². The Morgan fingerprint density at radius 1 is 1.08 bits per heavy atom. The van der Waals surface area contributed by atoms with Crippen molar-refractivity contribution in [3.8, 4) is 0 Å². The molecule has 0 aliphatic carbocycles. The van der Waals surface area contributed by atoms with Crippen LogP contribution in [0.25, 0.3) is 0 Å². The first kappa shape index (κ1) is 16.6. The van der Waals surface area contributed by atoms with Crippen molar-refractivity contribution in [2.45, 2.75) is 13.5 Å². The molecular formula is C20H18FN3O. The Bertz CT molecular complexity index is 878. The monoisotopic (exact) mass is 335 g/mol. The predicted octanol–water partition coefficient (Wildman–Crippen LogP) is 4.20. The highest BCUT2D eigenvalue weighted by Crippen LogP contribution is 2.19. The largest absolute Gasteiger partial charge is 0.353 e. The lowest BCUT2D eigenvalue weighted by Gasteiger charge is -2.09. The molecule has 5 heteroatoms. The van der Waals surface area contributed by atoms with E-state index in [1.54, 1.807) is 30.3 Å². The molecule has 0 fully saturated rings. The van der Waals surface area contributed by atoms with Crippen LogP contribution < -0.4 is 10.6 Å². The van der Waals surface area contributed by atoms with Gasteiger partial charge in [0.2, 0.25) is 0 Å². The van der Waals surface area contributed by atoms with Crippen LogP contribution in [0.15, 0.2) is 66.9 Å². The fraction of sp³-hybridized carbons (Fsp3) is 0.100. The average molecular weight is 335 g/mol. The Labute approximate surface area is 145 Å². The third kappa shape index (κ3) is 4.41. The zero-order valence-electron chi connectivity index (χ0n) is 13.8. The van der Waals surface area contributed by atoms with E-state index in [1.807, 2.05) is 31.2 Å². The minimum absolute atomic E-state index is 0.272. The number of pyridine rings is 1. The number of para-hydroxylation sites is 1. The summed E-state index contributed by atoms with van der Waals surface area (Å²) < 4.78 is 13.7. The predicted molar refractivity (Wildman–Crippen MR) is 96.3 cm³/mol. The molecule has 25 heavy (non-hydrogen) atoms. The van der Waals surface area contributed by atoms with Gasteiger partial charge in [-0.3, -0.25) is 9.78 Å². The van der Waals surface area contributed by atoms with E-state index in [-0.39, 0.29) is 17.4 Å². The topological polar surface area (TPSA) is 54.0 Å². The summed E-state index contributed by atoms with van der Waals surface area (Å²) >= 11 is 0. The van der Waals surface area contributed by atoms with Crippen LogP contribution in [0.2, 0.25) is 0 Å². The van der Waals surface area contributed by atoms with Crippen LogP contribution in [0, 0.1) is 12.7 Å². The van der Waals surface area contributed by atoms with Gasteiger partial charge in [-0.1, -0.05) is 42.0 Å². The van der Waals surface area contributed by atoms with Crippen LogP contribution in [0.5, 0.6) is 0 Å². The molecule has 0 saturated heterocycles. The SMILES string of the molecule is Cc1ccc(CNC(=O)c2cc(Nc3ccccc3F)ccn2)cc1. The van der Waals surface area contributed by atoms with Crippen molar-refractivity contribution in [1.82, 2.24) is 10.3 Å². The van der Waals surface area contributed by atoms with Crippen molar-refractivity contribution in [3.05, 3.63) is 89.5 Å². The third-order valence-corrected chi connectivity index (χ3v) is 3.72. The van der Waals surface area contributed by atoms with Gasteiger partial charge in [0, 0.05) is 18.4 Å². The van der Waals surface area contributed by atoms with E-state index in [2.05, 4.69) is 15.6 Å². The van der Waals surface area contributed by atoms with Crippen molar-refractivity contribution < 1.29 is 9.18 Å². The molecule has 3 rings (SSSR count). The number of carbonyl (C=O) groups excluding carboxylic acids is 1. The number of nitrogens with zero attached hydrogens (tertiary/aromatic N) is 1. The van der Waals surface area contributed by atoms with Crippen LogP contribution in [-0.2, 0) is 6.54 Å². The number of amides is 1. The summed E-state index contributed by atoms with van der Waals surface area (Å²) in [5, 5.41) is 5.79. The Hall–Kier alpha value is -3.21. The number of halogens is 1. The standard InChI is InChI=1S/C20H18FN3O/c1-14-6-8-15(9-7-14)13-23-20(25)19-12-16(10-11-22-19)24-18-5-3-2-4-17(18)21/h2-12H,13H2,1H3,(H,22,24)(H,23,25). The van der Waals surface area contributed by atoms with Gasteiger partial charge in [0.1, 0.15) is 11.5 Å². The van der Waals surface area contributed by atoms with Gasteiger partial charge < -0.3 is 10.6 Å². The fourth-order valence-corrected chi connectivity index (χ4v) is 2.33. The van der Waals surface area contributed by atoms with Crippen LogP contribution in [0.1, 0.15) is 21.6 Å². The molecule has 4 nitrogen and oxygen atoms in total. The number of rotatable bonds is 5. The van der Waals surface area contributed by atoms with Crippen molar-refractivity contribution in [2.24, 2.45) is 0 Å². The minimum Gasteiger partial charge on any atom is -0.353 e. The molecule has 0 spiro atoms. The van der Waals surface area contributed by atoms with Crippen LogP contribution >= 0.6 is 0 Å². The number of aryl methyl sites for hydroxylation is 1. The first-order chi connectivity index (χ1) is 12.1. The normalized spacial score (nSPS) is 10.3. The molecule has 0 bridgehead atoms. The van der Waals surface area contributed by atoms with Crippen molar-refractivity contribution >= 4 is 17.3 Å². The highest BCUT2D eigenvalue weighted by molar-refractivity contribution is 5.93.